The molecule has 3 amide bonds. The van der Waals surface area contributed by atoms with E-state index in [1.165, 1.54) is 30.5 Å². The molecule has 1 heterocycles. The Hall–Kier alpha value is -3.17. The zero-order valence-corrected chi connectivity index (χ0v) is 14.1. The molecule has 0 aliphatic heterocycles. The van der Waals surface area contributed by atoms with Gasteiger partial charge in [-0.15, -0.1) is 13.2 Å². The summed E-state index contributed by atoms with van der Waals surface area (Å²) >= 11 is 0. The highest BCUT2D eigenvalue weighted by Crippen LogP contribution is 2.22. The quantitative estimate of drug-likeness (QED) is 0.650. The first kappa shape index (κ1) is 20.1. The molecule has 2 rings (SSSR count). The van der Waals surface area contributed by atoms with Crippen LogP contribution in [0.1, 0.15) is 11.3 Å². The molecule has 0 spiro atoms. The van der Waals surface area contributed by atoms with E-state index in [1.807, 2.05) is 0 Å². The highest BCUT2D eigenvalue weighted by atomic mass is 19.4. The Bertz CT molecular complexity index is 731. The van der Waals surface area contributed by atoms with Gasteiger partial charge >= 0.3 is 12.4 Å². The second kappa shape index (κ2) is 9.51. The number of amides is 3. The van der Waals surface area contributed by atoms with E-state index in [9.17, 15) is 22.8 Å². The van der Waals surface area contributed by atoms with Crippen molar-refractivity contribution in [2.45, 2.75) is 19.3 Å². The van der Waals surface area contributed by atoms with Gasteiger partial charge in [0.25, 0.3) is 0 Å². The Kier molecular flexibility index (Phi) is 7.09. The summed E-state index contributed by atoms with van der Waals surface area (Å²) in [5.41, 5.74) is 0.723. The summed E-state index contributed by atoms with van der Waals surface area (Å²) in [7, 11) is 0. The predicted molar refractivity (Wildman–Crippen MR) is 88.8 cm³/mol. The van der Waals surface area contributed by atoms with Gasteiger partial charge in [0.05, 0.1) is 19.4 Å². The highest BCUT2D eigenvalue weighted by molar-refractivity contribution is 5.83. The van der Waals surface area contributed by atoms with Crippen LogP contribution in [0.3, 0.4) is 0 Å². The van der Waals surface area contributed by atoms with Crippen molar-refractivity contribution >= 4 is 11.9 Å². The number of rotatable bonds is 8. The molecule has 1 aromatic carbocycles. The molecule has 0 fully saturated rings. The minimum Gasteiger partial charge on any atom is -0.467 e. The summed E-state index contributed by atoms with van der Waals surface area (Å²) in [4.78, 5) is 23.2. The second-order valence-corrected chi connectivity index (χ2v) is 5.41. The zero-order chi connectivity index (χ0) is 19.7. The molecule has 2 aromatic rings. The number of carbonyl (C=O) groups excluding carboxylic acids is 2. The molecule has 27 heavy (non-hydrogen) atoms. The summed E-state index contributed by atoms with van der Waals surface area (Å²) in [6, 6.07) is 8.23. The lowest BCUT2D eigenvalue weighted by Gasteiger charge is -2.10. The molecular formula is C17H18F3N3O4. The molecule has 7 nitrogen and oxygen atoms in total. The van der Waals surface area contributed by atoms with Crippen molar-refractivity contribution in [1.29, 1.82) is 0 Å². The third kappa shape index (κ3) is 8.17. The van der Waals surface area contributed by atoms with Crippen molar-refractivity contribution in [3.05, 3.63) is 54.0 Å². The topological polar surface area (TPSA) is 92.6 Å². The van der Waals surface area contributed by atoms with Crippen LogP contribution in [-0.4, -0.2) is 31.4 Å². The molecule has 0 atom stereocenters. The second-order valence-electron chi connectivity index (χ2n) is 5.41. The van der Waals surface area contributed by atoms with Gasteiger partial charge in [-0.2, -0.15) is 0 Å². The fourth-order valence-corrected chi connectivity index (χ4v) is 2.06. The van der Waals surface area contributed by atoms with Crippen LogP contribution in [0.25, 0.3) is 0 Å². The van der Waals surface area contributed by atoms with Crippen LogP contribution in [0.15, 0.2) is 47.1 Å². The van der Waals surface area contributed by atoms with E-state index >= 15 is 0 Å². The number of hydrogen-bond donors (Lipinski definition) is 3. The molecule has 0 saturated carbocycles. The number of carbonyl (C=O) groups is 2. The Labute approximate surface area is 152 Å². The maximum Gasteiger partial charge on any atom is 0.573 e. The number of urea groups is 1. The van der Waals surface area contributed by atoms with Gasteiger partial charge in [0, 0.05) is 6.54 Å². The first-order chi connectivity index (χ1) is 12.8. The Morgan fingerprint density at radius 2 is 1.78 bits per heavy atom. The van der Waals surface area contributed by atoms with Gasteiger partial charge in [-0.25, -0.2) is 4.79 Å². The number of halogens is 3. The zero-order valence-electron chi connectivity index (χ0n) is 14.1. The van der Waals surface area contributed by atoms with Crippen molar-refractivity contribution < 1.29 is 31.9 Å². The highest BCUT2D eigenvalue weighted by Gasteiger charge is 2.30. The van der Waals surface area contributed by atoms with Gasteiger partial charge in [0.15, 0.2) is 0 Å². The first-order valence-electron chi connectivity index (χ1n) is 7.97. The number of benzene rings is 1. The molecule has 1 aromatic heterocycles. The number of nitrogens with one attached hydrogen (secondary N) is 3. The maximum absolute atomic E-state index is 12.1. The van der Waals surface area contributed by atoms with Gasteiger partial charge in [-0.1, -0.05) is 12.1 Å². The normalized spacial score (nSPS) is 10.9. The standard InChI is InChI=1S/C17H18F3N3O4/c18-17(19,20)27-13-5-3-12(4-6-13)7-8-21-16(25)23-11-15(24)22-10-14-2-1-9-26-14/h1-6,9H,7-8,10-11H2,(H,22,24)(H2,21,23,25). The van der Waals surface area contributed by atoms with Crippen LogP contribution in [0.2, 0.25) is 0 Å². The van der Waals surface area contributed by atoms with E-state index in [4.69, 9.17) is 4.42 Å². The predicted octanol–water partition coefficient (Wildman–Crippen LogP) is 2.34. The van der Waals surface area contributed by atoms with Crippen LogP contribution < -0.4 is 20.7 Å². The van der Waals surface area contributed by atoms with Crippen molar-refractivity contribution in [1.82, 2.24) is 16.0 Å². The Balaban J connectivity index is 1.60. The smallest absolute Gasteiger partial charge is 0.467 e. The van der Waals surface area contributed by atoms with Gasteiger partial charge in [0.1, 0.15) is 11.5 Å². The van der Waals surface area contributed by atoms with Crippen LogP contribution in [0.5, 0.6) is 5.75 Å². The van der Waals surface area contributed by atoms with E-state index in [0.717, 1.165) is 5.56 Å². The van der Waals surface area contributed by atoms with Crippen molar-refractivity contribution in [2.75, 3.05) is 13.1 Å². The molecule has 10 heteroatoms. The van der Waals surface area contributed by atoms with Crippen molar-refractivity contribution in [3.8, 4) is 5.75 Å². The maximum atomic E-state index is 12.1. The summed E-state index contributed by atoms with van der Waals surface area (Å²) < 4.78 is 45.0. The molecule has 0 unspecified atom stereocenters. The minimum absolute atomic E-state index is 0.198. The minimum atomic E-state index is -4.73. The van der Waals surface area contributed by atoms with Gasteiger partial charge in [0.2, 0.25) is 5.91 Å². The number of hydrogen-bond acceptors (Lipinski definition) is 4. The largest absolute Gasteiger partial charge is 0.573 e. The van der Waals surface area contributed by atoms with Gasteiger partial charge in [-0.05, 0) is 36.2 Å². The molecule has 0 aliphatic rings. The van der Waals surface area contributed by atoms with Crippen LogP contribution >= 0.6 is 0 Å². The SMILES string of the molecule is O=C(CNC(=O)NCCc1ccc(OC(F)(F)F)cc1)NCc1ccco1. The first-order valence-corrected chi connectivity index (χ1v) is 7.97. The van der Waals surface area contributed by atoms with Crippen molar-refractivity contribution in [3.63, 3.8) is 0 Å². The fourth-order valence-electron chi connectivity index (χ4n) is 2.06. The number of alkyl halides is 3. The van der Waals surface area contributed by atoms with Crippen LogP contribution in [0, 0.1) is 0 Å². The molecular weight excluding hydrogens is 367 g/mol. The third-order valence-electron chi connectivity index (χ3n) is 3.31. The fraction of sp³-hybridized carbons (Fsp3) is 0.294. The molecule has 0 aliphatic carbocycles. The average Bonchev–Trinajstić information content (AvgIpc) is 3.12. The summed E-state index contributed by atoms with van der Waals surface area (Å²) in [5, 5.41) is 7.52. The van der Waals surface area contributed by atoms with Gasteiger partial charge in [-0.3, -0.25) is 4.79 Å². The van der Waals surface area contributed by atoms with E-state index < -0.39 is 12.4 Å². The van der Waals surface area contributed by atoms with E-state index in [0.29, 0.717) is 12.2 Å². The Morgan fingerprint density at radius 1 is 1.04 bits per heavy atom. The van der Waals surface area contributed by atoms with E-state index in [-0.39, 0.29) is 31.3 Å². The van der Waals surface area contributed by atoms with Crippen molar-refractivity contribution in [2.24, 2.45) is 0 Å². The lowest BCUT2D eigenvalue weighted by atomic mass is 10.1. The summed E-state index contributed by atoms with van der Waals surface area (Å²) in [6.45, 7) is 0.276. The number of furan rings is 1. The van der Waals surface area contributed by atoms with E-state index in [2.05, 4.69) is 20.7 Å². The lowest BCUT2D eigenvalue weighted by molar-refractivity contribution is -0.274. The molecule has 0 radical (unpaired) electrons. The monoisotopic (exact) mass is 385 g/mol. The number of ether oxygens (including phenoxy) is 1. The molecule has 146 valence electrons. The average molecular weight is 385 g/mol. The van der Waals surface area contributed by atoms with Crippen LogP contribution in [-0.2, 0) is 17.8 Å². The lowest BCUT2D eigenvalue weighted by Crippen LogP contribution is -2.42. The molecule has 0 saturated heterocycles. The third-order valence-corrected chi connectivity index (χ3v) is 3.31. The van der Waals surface area contributed by atoms with E-state index in [1.54, 1.807) is 12.1 Å². The molecule has 3 N–H and O–H groups in total. The van der Waals surface area contributed by atoms with Gasteiger partial charge < -0.3 is 25.1 Å². The summed E-state index contributed by atoms with van der Waals surface area (Å²) in [5.74, 6) is -0.0845. The molecule has 0 bridgehead atoms. The Morgan fingerprint density at radius 3 is 2.41 bits per heavy atom. The summed E-state index contributed by atoms with van der Waals surface area (Å²) in [6.07, 6.45) is -2.83. The van der Waals surface area contributed by atoms with Crippen LogP contribution in [0.4, 0.5) is 18.0 Å².